The summed E-state index contributed by atoms with van der Waals surface area (Å²) in [5.41, 5.74) is 4.59. The van der Waals surface area contributed by atoms with Crippen LogP contribution in [-0.4, -0.2) is 16.6 Å². The Labute approximate surface area is 118 Å². The lowest BCUT2D eigenvalue weighted by molar-refractivity contribution is 0.319. The van der Waals surface area contributed by atoms with Gasteiger partial charge in [0.2, 0.25) is 0 Å². The third kappa shape index (κ3) is 2.82. The van der Waals surface area contributed by atoms with Gasteiger partial charge in [0.15, 0.2) is 0 Å². The Morgan fingerprint density at radius 3 is 2.55 bits per heavy atom. The van der Waals surface area contributed by atoms with Crippen LogP contribution in [0.15, 0.2) is 42.5 Å². The summed E-state index contributed by atoms with van der Waals surface area (Å²) in [6, 6.07) is 14.3. The van der Waals surface area contributed by atoms with Gasteiger partial charge < -0.3 is 9.72 Å². The lowest BCUT2D eigenvalue weighted by Gasteiger charge is -2.04. The van der Waals surface area contributed by atoms with Crippen molar-refractivity contribution in [3.63, 3.8) is 0 Å². The third-order valence-corrected chi connectivity index (χ3v) is 3.32. The monoisotopic (exact) mass is 266 g/mol. The first-order chi connectivity index (χ1) is 9.70. The smallest absolute Gasteiger partial charge is 0.119 e. The quantitative estimate of drug-likeness (QED) is 0.780. The van der Waals surface area contributed by atoms with E-state index in [-0.39, 0.29) is 0 Å². The van der Waals surface area contributed by atoms with E-state index in [0.29, 0.717) is 6.61 Å². The molecule has 0 unspecified atom stereocenters. The molecule has 0 aliphatic carbocycles. The minimum atomic E-state index is 0.627. The van der Waals surface area contributed by atoms with Gasteiger partial charge in [0, 0.05) is 6.42 Å². The zero-order valence-corrected chi connectivity index (χ0v) is 11.8. The van der Waals surface area contributed by atoms with Crippen molar-refractivity contribution >= 4 is 11.0 Å². The van der Waals surface area contributed by atoms with Gasteiger partial charge in [0.1, 0.15) is 11.6 Å². The van der Waals surface area contributed by atoms with Gasteiger partial charge in [-0.25, -0.2) is 4.98 Å². The van der Waals surface area contributed by atoms with Gasteiger partial charge in [-0.05, 0) is 43.7 Å². The molecule has 0 saturated heterocycles. The first kappa shape index (κ1) is 12.7. The molecule has 0 radical (unpaired) electrons. The maximum absolute atomic E-state index is 5.72. The van der Waals surface area contributed by atoms with E-state index < -0.39 is 0 Å². The van der Waals surface area contributed by atoms with Crippen molar-refractivity contribution in [1.29, 1.82) is 0 Å². The predicted octanol–water partition coefficient (Wildman–Crippen LogP) is 3.80. The van der Waals surface area contributed by atoms with Gasteiger partial charge in [-0.2, -0.15) is 0 Å². The third-order valence-electron chi connectivity index (χ3n) is 3.32. The summed E-state index contributed by atoms with van der Waals surface area (Å²) in [6.45, 7) is 4.78. The van der Waals surface area contributed by atoms with Crippen LogP contribution >= 0.6 is 0 Å². The number of aryl methyl sites for hydroxylation is 2. The highest BCUT2D eigenvalue weighted by Crippen LogP contribution is 2.15. The summed E-state index contributed by atoms with van der Waals surface area (Å²) in [5, 5.41) is 0. The molecule has 1 aromatic heterocycles. The van der Waals surface area contributed by atoms with Gasteiger partial charge in [0.25, 0.3) is 0 Å². The van der Waals surface area contributed by atoms with Gasteiger partial charge in [0.05, 0.1) is 17.6 Å². The van der Waals surface area contributed by atoms with Crippen molar-refractivity contribution in [1.82, 2.24) is 9.97 Å². The zero-order chi connectivity index (χ0) is 13.9. The van der Waals surface area contributed by atoms with Crippen LogP contribution in [0.4, 0.5) is 0 Å². The highest BCUT2D eigenvalue weighted by Gasteiger charge is 2.03. The Balaban J connectivity index is 1.63. The second-order valence-electron chi connectivity index (χ2n) is 5.12. The van der Waals surface area contributed by atoms with Crippen molar-refractivity contribution in [2.24, 2.45) is 0 Å². The summed E-state index contributed by atoms with van der Waals surface area (Å²) in [4.78, 5) is 7.90. The first-order valence-electron chi connectivity index (χ1n) is 6.85. The highest BCUT2D eigenvalue weighted by atomic mass is 16.5. The van der Waals surface area contributed by atoms with E-state index in [4.69, 9.17) is 4.74 Å². The van der Waals surface area contributed by atoms with Crippen LogP contribution in [0.2, 0.25) is 0 Å². The van der Waals surface area contributed by atoms with Crippen molar-refractivity contribution in [2.45, 2.75) is 20.3 Å². The normalized spacial score (nSPS) is 10.9. The Hall–Kier alpha value is -2.29. The highest BCUT2D eigenvalue weighted by molar-refractivity contribution is 5.75. The Kier molecular flexibility index (Phi) is 3.42. The molecule has 3 nitrogen and oxygen atoms in total. The fourth-order valence-electron chi connectivity index (χ4n) is 2.19. The molecule has 3 rings (SSSR count). The van der Waals surface area contributed by atoms with E-state index >= 15 is 0 Å². The molecule has 0 saturated carbocycles. The van der Waals surface area contributed by atoms with Crippen molar-refractivity contribution in [3.05, 3.63) is 59.4 Å². The van der Waals surface area contributed by atoms with Crippen LogP contribution in [-0.2, 0) is 6.42 Å². The van der Waals surface area contributed by atoms with Gasteiger partial charge >= 0.3 is 0 Å². The summed E-state index contributed by atoms with van der Waals surface area (Å²) < 4.78 is 5.72. The average molecular weight is 266 g/mol. The number of aromatic nitrogens is 2. The number of rotatable bonds is 4. The zero-order valence-electron chi connectivity index (χ0n) is 11.8. The van der Waals surface area contributed by atoms with E-state index in [1.165, 1.54) is 11.1 Å². The van der Waals surface area contributed by atoms with E-state index in [0.717, 1.165) is 29.0 Å². The number of imidazole rings is 1. The molecule has 0 amide bonds. The number of hydrogen-bond acceptors (Lipinski definition) is 2. The number of benzene rings is 2. The fraction of sp³-hybridized carbons (Fsp3) is 0.235. The van der Waals surface area contributed by atoms with Crippen molar-refractivity contribution < 1.29 is 4.74 Å². The standard InChI is InChI=1S/C17H18N2O/c1-12-3-6-14(7-4-12)20-10-9-17-18-15-8-5-13(2)11-16(15)19-17/h3-8,11H,9-10H2,1-2H3,(H,18,19). The van der Waals surface area contributed by atoms with Crippen molar-refractivity contribution in [3.8, 4) is 5.75 Å². The van der Waals surface area contributed by atoms with E-state index in [1.54, 1.807) is 0 Å². The minimum absolute atomic E-state index is 0.627. The molecule has 20 heavy (non-hydrogen) atoms. The van der Waals surface area contributed by atoms with E-state index in [9.17, 15) is 0 Å². The molecule has 0 spiro atoms. The van der Waals surface area contributed by atoms with E-state index in [2.05, 4.69) is 48.1 Å². The molecule has 2 aromatic carbocycles. The molecule has 0 aliphatic heterocycles. The predicted molar refractivity (Wildman–Crippen MR) is 81.2 cm³/mol. The fourth-order valence-corrected chi connectivity index (χ4v) is 2.19. The topological polar surface area (TPSA) is 37.9 Å². The summed E-state index contributed by atoms with van der Waals surface area (Å²) in [6.07, 6.45) is 0.779. The van der Waals surface area contributed by atoms with Crippen LogP contribution in [0.25, 0.3) is 11.0 Å². The number of H-pyrrole nitrogens is 1. The van der Waals surface area contributed by atoms with Crippen LogP contribution in [0.5, 0.6) is 5.75 Å². The van der Waals surface area contributed by atoms with Gasteiger partial charge in [-0.15, -0.1) is 0 Å². The second-order valence-corrected chi connectivity index (χ2v) is 5.12. The average Bonchev–Trinajstić information content (AvgIpc) is 2.83. The lowest BCUT2D eigenvalue weighted by atomic mass is 10.2. The van der Waals surface area contributed by atoms with Crippen molar-refractivity contribution in [2.75, 3.05) is 6.61 Å². The number of nitrogens with zero attached hydrogens (tertiary/aromatic N) is 1. The SMILES string of the molecule is Cc1ccc(OCCc2nc3ccc(C)cc3[nH]2)cc1. The molecule has 3 heteroatoms. The largest absolute Gasteiger partial charge is 0.493 e. The number of nitrogens with one attached hydrogen (secondary N) is 1. The Bertz CT molecular complexity index is 713. The molecule has 0 fully saturated rings. The van der Waals surface area contributed by atoms with Gasteiger partial charge in [-0.1, -0.05) is 23.8 Å². The number of aromatic amines is 1. The molecule has 0 bridgehead atoms. The van der Waals surface area contributed by atoms with Crippen LogP contribution in [0, 0.1) is 13.8 Å². The van der Waals surface area contributed by atoms with Gasteiger partial charge in [-0.3, -0.25) is 0 Å². The molecule has 102 valence electrons. The molecule has 1 heterocycles. The Morgan fingerprint density at radius 1 is 1.00 bits per heavy atom. The summed E-state index contributed by atoms with van der Waals surface area (Å²) >= 11 is 0. The minimum Gasteiger partial charge on any atom is -0.493 e. The molecule has 0 aliphatic rings. The second kappa shape index (κ2) is 5.37. The summed E-state index contributed by atoms with van der Waals surface area (Å²) in [7, 11) is 0. The molecular formula is C17H18N2O. The molecule has 1 N–H and O–H groups in total. The molecular weight excluding hydrogens is 248 g/mol. The molecule has 0 atom stereocenters. The van der Waals surface area contributed by atoms with E-state index in [1.807, 2.05) is 18.2 Å². The van der Waals surface area contributed by atoms with Crippen LogP contribution in [0.3, 0.4) is 0 Å². The maximum Gasteiger partial charge on any atom is 0.119 e. The maximum atomic E-state index is 5.72. The number of fused-ring (bicyclic) bond motifs is 1. The van der Waals surface area contributed by atoms with Crippen LogP contribution in [0.1, 0.15) is 17.0 Å². The summed E-state index contributed by atoms with van der Waals surface area (Å²) in [5.74, 6) is 1.88. The number of hydrogen-bond donors (Lipinski definition) is 1. The number of ether oxygens (including phenoxy) is 1. The van der Waals surface area contributed by atoms with Crippen LogP contribution < -0.4 is 4.74 Å². The lowest BCUT2D eigenvalue weighted by Crippen LogP contribution is -2.02. The molecule has 3 aromatic rings. The first-order valence-corrected chi connectivity index (χ1v) is 6.85. The Morgan fingerprint density at radius 2 is 1.75 bits per heavy atom.